The highest BCUT2D eigenvalue weighted by atomic mass is 127. The normalized spacial score (nSPS) is 10.8. The van der Waals surface area contributed by atoms with Gasteiger partial charge in [0.05, 0.1) is 6.54 Å². The van der Waals surface area contributed by atoms with Gasteiger partial charge in [-0.2, -0.15) is 0 Å². The molecule has 8 heteroatoms. The Labute approximate surface area is 188 Å². The lowest BCUT2D eigenvalue weighted by molar-refractivity contribution is -0.119. The number of aliphatic imine (C=N–C) groups is 1. The van der Waals surface area contributed by atoms with Gasteiger partial charge in [0.15, 0.2) is 12.6 Å². The summed E-state index contributed by atoms with van der Waals surface area (Å²) in [6.45, 7) is 5.63. The van der Waals surface area contributed by atoms with Gasteiger partial charge in [-0.15, -0.1) is 24.0 Å². The predicted octanol–water partition coefficient (Wildman–Crippen LogP) is 2.91. The summed E-state index contributed by atoms with van der Waals surface area (Å²) in [4.78, 5) is 15.4. The number of hydrogen-bond acceptors (Lipinski definition) is 3. The van der Waals surface area contributed by atoms with Crippen LogP contribution in [-0.2, 0) is 17.8 Å². The van der Waals surface area contributed by atoms with Crippen molar-refractivity contribution in [1.29, 1.82) is 0 Å². The Bertz CT molecular complexity index is 830. The van der Waals surface area contributed by atoms with Gasteiger partial charge in [-0.3, -0.25) is 4.79 Å². The fourth-order valence-corrected chi connectivity index (χ4v) is 2.66. The summed E-state index contributed by atoms with van der Waals surface area (Å²) >= 11 is 0. The van der Waals surface area contributed by atoms with Crippen molar-refractivity contribution in [3.8, 4) is 5.75 Å². The SMILES string of the molecule is CCNC(=NCc1cccc(OCC(N)=O)c1)NCCc1ccc(F)cc1C.I. The zero-order chi connectivity index (χ0) is 20.4. The van der Waals surface area contributed by atoms with E-state index in [1.54, 1.807) is 12.1 Å². The number of benzene rings is 2. The van der Waals surface area contributed by atoms with Crippen molar-refractivity contribution in [1.82, 2.24) is 10.6 Å². The molecular formula is C21H28FIN4O2. The van der Waals surface area contributed by atoms with E-state index in [4.69, 9.17) is 10.5 Å². The topological polar surface area (TPSA) is 88.7 Å². The summed E-state index contributed by atoms with van der Waals surface area (Å²) < 4.78 is 18.5. The number of carbonyl (C=O) groups excluding carboxylic acids is 1. The van der Waals surface area contributed by atoms with Crippen LogP contribution >= 0.6 is 24.0 Å². The van der Waals surface area contributed by atoms with Crippen LogP contribution in [-0.4, -0.2) is 31.6 Å². The van der Waals surface area contributed by atoms with E-state index in [2.05, 4.69) is 15.6 Å². The van der Waals surface area contributed by atoms with Gasteiger partial charge in [-0.25, -0.2) is 9.38 Å². The molecule has 0 aromatic heterocycles. The molecule has 6 nitrogen and oxygen atoms in total. The van der Waals surface area contributed by atoms with Crippen molar-refractivity contribution in [2.24, 2.45) is 10.7 Å². The van der Waals surface area contributed by atoms with Gasteiger partial charge in [0.25, 0.3) is 5.91 Å². The largest absolute Gasteiger partial charge is 0.484 e. The van der Waals surface area contributed by atoms with E-state index in [-0.39, 0.29) is 36.4 Å². The highest BCUT2D eigenvalue weighted by Gasteiger charge is 2.03. The molecule has 0 saturated carbocycles. The zero-order valence-corrected chi connectivity index (χ0v) is 19.0. The van der Waals surface area contributed by atoms with Gasteiger partial charge in [-0.1, -0.05) is 18.2 Å². The Kier molecular flexibility index (Phi) is 11.0. The molecule has 2 aromatic carbocycles. The Morgan fingerprint density at radius 2 is 2.00 bits per heavy atom. The Morgan fingerprint density at radius 3 is 2.69 bits per heavy atom. The number of rotatable bonds is 9. The molecule has 1 amide bonds. The number of halogens is 2. The molecule has 0 spiro atoms. The van der Waals surface area contributed by atoms with Gasteiger partial charge in [0.2, 0.25) is 0 Å². The van der Waals surface area contributed by atoms with Crippen LogP contribution in [0.25, 0.3) is 0 Å². The number of amides is 1. The summed E-state index contributed by atoms with van der Waals surface area (Å²) in [5, 5.41) is 6.49. The number of hydrogen-bond donors (Lipinski definition) is 3. The second kappa shape index (κ2) is 13.0. The minimum atomic E-state index is -0.515. The molecule has 0 aliphatic carbocycles. The monoisotopic (exact) mass is 514 g/mol. The maximum Gasteiger partial charge on any atom is 0.255 e. The van der Waals surface area contributed by atoms with E-state index in [0.717, 1.165) is 29.7 Å². The smallest absolute Gasteiger partial charge is 0.255 e. The molecule has 2 rings (SSSR count). The minimum absolute atomic E-state index is 0. The lowest BCUT2D eigenvalue weighted by Crippen LogP contribution is -2.38. The standard InChI is InChI=1S/C21H27FN4O2.HI/c1-3-24-21(25-10-9-17-7-8-18(22)11-15(17)2)26-13-16-5-4-6-19(12-16)28-14-20(23)27;/h4-8,11-12H,3,9-10,13-14H2,1-2H3,(H2,23,27)(H2,24,25,26);1H. The van der Waals surface area contributed by atoms with Crippen molar-refractivity contribution >= 4 is 35.8 Å². The molecule has 158 valence electrons. The third-order valence-corrected chi connectivity index (χ3v) is 4.03. The third kappa shape index (κ3) is 9.12. The molecule has 0 unspecified atom stereocenters. The number of carbonyl (C=O) groups is 1. The van der Waals surface area contributed by atoms with Crippen molar-refractivity contribution in [2.75, 3.05) is 19.7 Å². The molecule has 0 heterocycles. The highest BCUT2D eigenvalue weighted by molar-refractivity contribution is 14.0. The van der Waals surface area contributed by atoms with Crippen molar-refractivity contribution < 1.29 is 13.9 Å². The molecule has 0 bridgehead atoms. The molecule has 0 aliphatic heterocycles. The first-order chi connectivity index (χ1) is 13.5. The van der Waals surface area contributed by atoms with E-state index in [1.807, 2.05) is 38.1 Å². The van der Waals surface area contributed by atoms with E-state index in [1.165, 1.54) is 6.07 Å². The molecule has 29 heavy (non-hydrogen) atoms. The highest BCUT2D eigenvalue weighted by Crippen LogP contribution is 2.14. The second-order valence-electron chi connectivity index (χ2n) is 6.35. The summed E-state index contributed by atoms with van der Waals surface area (Å²) in [6.07, 6.45) is 0.771. The van der Waals surface area contributed by atoms with Gasteiger partial charge in [0, 0.05) is 13.1 Å². The average molecular weight is 514 g/mol. The Morgan fingerprint density at radius 1 is 1.21 bits per heavy atom. The fraction of sp³-hybridized carbons (Fsp3) is 0.333. The summed E-state index contributed by atoms with van der Waals surface area (Å²) in [7, 11) is 0. The maximum absolute atomic E-state index is 13.2. The number of primary amides is 1. The Balaban J connectivity index is 0.00000420. The van der Waals surface area contributed by atoms with Crippen LogP contribution in [0.5, 0.6) is 5.75 Å². The number of aryl methyl sites for hydroxylation is 1. The number of nitrogens with one attached hydrogen (secondary N) is 2. The maximum atomic E-state index is 13.2. The van der Waals surface area contributed by atoms with Crippen LogP contribution in [0.2, 0.25) is 0 Å². The average Bonchev–Trinajstić information content (AvgIpc) is 2.66. The first kappa shape index (κ1) is 24.7. The lowest BCUT2D eigenvalue weighted by Gasteiger charge is -2.12. The van der Waals surface area contributed by atoms with Crippen molar-refractivity contribution in [2.45, 2.75) is 26.8 Å². The second-order valence-corrected chi connectivity index (χ2v) is 6.35. The fourth-order valence-electron chi connectivity index (χ4n) is 2.66. The lowest BCUT2D eigenvalue weighted by atomic mass is 10.1. The van der Waals surface area contributed by atoms with Crippen molar-refractivity contribution in [3.05, 3.63) is 65.0 Å². The van der Waals surface area contributed by atoms with Crippen molar-refractivity contribution in [3.63, 3.8) is 0 Å². The van der Waals surface area contributed by atoms with Crippen LogP contribution in [0, 0.1) is 12.7 Å². The van der Waals surface area contributed by atoms with E-state index in [0.29, 0.717) is 24.8 Å². The summed E-state index contributed by atoms with van der Waals surface area (Å²) in [5.74, 6) is 0.548. The molecule has 0 fully saturated rings. The third-order valence-electron chi connectivity index (χ3n) is 4.03. The van der Waals surface area contributed by atoms with Gasteiger partial charge in [0.1, 0.15) is 11.6 Å². The minimum Gasteiger partial charge on any atom is -0.484 e. The predicted molar refractivity (Wildman–Crippen MR) is 124 cm³/mol. The zero-order valence-electron chi connectivity index (χ0n) is 16.7. The number of nitrogens with two attached hydrogens (primary N) is 1. The summed E-state index contributed by atoms with van der Waals surface area (Å²) in [5.41, 5.74) is 8.09. The first-order valence-electron chi connectivity index (χ1n) is 9.25. The molecule has 4 N–H and O–H groups in total. The number of guanidine groups is 1. The van der Waals surface area contributed by atoms with Crippen LogP contribution < -0.4 is 21.1 Å². The quantitative estimate of drug-likeness (QED) is 0.273. The number of ether oxygens (including phenoxy) is 1. The van der Waals surface area contributed by atoms with E-state index >= 15 is 0 Å². The Hall–Kier alpha value is -2.36. The molecule has 0 atom stereocenters. The summed E-state index contributed by atoms with van der Waals surface area (Å²) in [6, 6.07) is 12.2. The van der Waals surface area contributed by atoms with Crippen LogP contribution in [0.3, 0.4) is 0 Å². The first-order valence-corrected chi connectivity index (χ1v) is 9.25. The molecule has 0 radical (unpaired) electrons. The number of nitrogens with zero attached hydrogens (tertiary/aromatic N) is 1. The van der Waals surface area contributed by atoms with Gasteiger partial charge in [-0.05, 0) is 61.2 Å². The molecule has 0 aliphatic rings. The van der Waals surface area contributed by atoms with E-state index in [9.17, 15) is 9.18 Å². The molecular weight excluding hydrogens is 486 g/mol. The van der Waals surface area contributed by atoms with Crippen LogP contribution in [0.15, 0.2) is 47.5 Å². The van der Waals surface area contributed by atoms with Crippen LogP contribution in [0.4, 0.5) is 4.39 Å². The van der Waals surface area contributed by atoms with E-state index < -0.39 is 5.91 Å². The van der Waals surface area contributed by atoms with Crippen LogP contribution in [0.1, 0.15) is 23.6 Å². The molecule has 0 saturated heterocycles. The molecule has 2 aromatic rings. The van der Waals surface area contributed by atoms with Gasteiger partial charge < -0.3 is 21.1 Å². The van der Waals surface area contributed by atoms with Gasteiger partial charge >= 0.3 is 0 Å².